The molecule has 4 aromatic carbocycles. The molecule has 0 fully saturated rings. The van der Waals surface area contributed by atoms with Crippen LogP contribution >= 0.6 is 0 Å². The molecule has 4 aromatic rings. The summed E-state index contributed by atoms with van der Waals surface area (Å²) in [5, 5.41) is 0. The zero-order valence-electron chi connectivity index (χ0n) is 20.4. The molecule has 166 valence electrons. The van der Waals surface area contributed by atoms with E-state index < -0.39 is 25.8 Å². The molecule has 34 heavy (non-hydrogen) atoms. The summed E-state index contributed by atoms with van der Waals surface area (Å²) in [6.45, 7) is 9.74. The quantitative estimate of drug-likeness (QED) is 0.232. The molecular weight excluding hydrogens is 504 g/mol. The van der Waals surface area contributed by atoms with Gasteiger partial charge < -0.3 is 0 Å². The third-order valence-corrected chi connectivity index (χ3v) is 26.7. The van der Waals surface area contributed by atoms with Gasteiger partial charge in [-0.1, -0.05) is 0 Å². The minimum absolute atomic E-state index is 0.442. The van der Waals surface area contributed by atoms with Crippen LogP contribution in [0.15, 0.2) is 97.1 Å². The Labute approximate surface area is 211 Å². The predicted octanol–water partition coefficient (Wildman–Crippen LogP) is 8.43. The first-order valence-electron chi connectivity index (χ1n) is 12.3. The summed E-state index contributed by atoms with van der Waals surface area (Å²) in [5.74, 6) is 0. The van der Waals surface area contributed by atoms with Crippen LogP contribution in [-0.2, 0) is 20.4 Å². The fraction of sp³-hybridized carbons (Fsp3) is 0.188. The summed E-state index contributed by atoms with van der Waals surface area (Å²) < 4.78 is 1.27. The zero-order chi connectivity index (χ0) is 23.4. The van der Waals surface area contributed by atoms with Crippen LogP contribution in [0.5, 0.6) is 0 Å². The van der Waals surface area contributed by atoms with Crippen molar-refractivity contribution < 1.29 is 20.4 Å². The van der Waals surface area contributed by atoms with E-state index in [4.69, 9.17) is 0 Å². The minimum atomic E-state index is -2.08. The van der Waals surface area contributed by atoms with Crippen molar-refractivity contribution in [2.75, 3.05) is 0 Å². The summed E-state index contributed by atoms with van der Waals surface area (Å²) in [5.41, 5.74) is 14.5. The summed E-state index contributed by atoms with van der Waals surface area (Å²) in [6.07, 6.45) is 2.69. The first-order valence-corrected chi connectivity index (χ1v) is 21.3. The van der Waals surface area contributed by atoms with Crippen LogP contribution < -0.4 is 0 Å². The van der Waals surface area contributed by atoms with Gasteiger partial charge in [0.25, 0.3) is 0 Å². The Morgan fingerprint density at radius 1 is 0.618 bits per heavy atom. The van der Waals surface area contributed by atoms with Gasteiger partial charge in [0.15, 0.2) is 0 Å². The Morgan fingerprint density at radius 3 is 1.82 bits per heavy atom. The van der Waals surface area contributed by atoms with Crippen LogP contribution in [0, 0.1) is 13.8 Å². The van der Waals surface area contributed by atoms with Crippen molar-refractivity contribution >= 4 is 11.0 Å². The molecule has 0 bridgehead atoms. The Balaban J connectivity index is 1.59. The van der Waals surface area contributed by atoms with Gasteiger partial charge in [-0.2, -0.15) is 0 Å². The molecule has 0 radical (unpaired) electrons. The van der Waals surface area contributed by atoms with Gasteiger partial charge in [-0.05, 0) is 0 Å². The van der Waals surface area contributed by atoms with Crippen LogP contribution in [0.2, 0.25) is 13.1 Å². The summed E-state index contributed by atoms with van der Waals surface area (Å²) in [4.78, 5) is 0. The van der Waals surface area contributed by atoms with Gasteiger partial charge >= 0.3 is 213 Å². The molecular formula is C32H30SiZr. The Bertz CT molecular complexity index is 1440. The summed E-state index contributed by atoms with van der Waals surface area (Å²) in [7, 11) is 0. The fourth-order valence-electron chi connectivity index (χ4n) is 6.10. The maximum absolute atomic E-state index is 2.69. The average molecular weight is 534 g/mol. The molecule has 0 heterocycles. The van der Waals surface area contributed by atoms with E-state index in [2.05, 4.69) is 124 Å². The van der Waals surface area contributed by atoms with E-state index in [1.165, 1.54) is 39.0 Å². The van der Waals surface area contributed by atoms with Gasteiger partial charge in [-0.25, -0.2) is 0 Å². The van der Waals surface area contributed by atoms with Crippen molar-refractivity contribution in [1.82, 2.24) is 0 Å². The molecule has 0 spiro atoms. The first kappa shape index (κ1) is 22.2. The number of fused-ring (bicyclic) bond motifs is 4. The van der Waals surface area contributed by atoms with Gasteiger partial charge in [0.05, 0.1) is 0 Å². The molecule has 0 saturated heterocycles. The van der Waals surface area contributed by atoms with E-state index in [0.717, 1.165) is 0 Å². The number of aryl methyl sites for hydroxylation is 2. The van der Waals surface area contributed by atoms with Crippen LogP contribution in [-0.4, -0.2) is 5.43 Å². The molecule has 2 aliphatic rings. The number of hydrogen-bond acceptors (Lipinski definition) is 0. The summed E-state index contributed by atoms with van der Waals surface area (Å²) in [6, 6.07) is 34.7. The molecule has 1 atom stereocenters. The van der Waals surface area contributed by atoms with Gasteiger partial charge in [0, 0.05) is 0 Å². The Morgan fingerprint density at radius 2 is 1.21 bits per heavy atom. The predicted molar refractivity (Wildman–Crippen MR) is 143 cm³/mol. The van der Waals surface area contributed by atoms with E-state index in [1.54, 1.807) is 16.7 Å². The normalized spacial score (nSPS) is 16.0. The molecule has 0 aromatic heterocycles. The fourth-order valence-corrected chi connectivity index (χ4v) is 25.4. The van der Waals surface area contributed by atoms with Gasteiger partial charge in [0.1, 0.15) is 0 Å². The SMILES string of the molecule is Cc1ccc2c(c1)[CH]([Zr]([CH]1C=C(c3ccccc3)c3ccccc31)=[Si](C)C)c1cc(C)ccc1-2. The van der Waals surface area contributed by atoms with Crippen molar-refractivity contribution in [3.8, 4) is 11.1 Å². The van der Waals surface area contributed by atoms with E-state index in [0.29, 0.717) is 7.25 Å². The van der Waals surface area contributed by atoms with Crippen molar-refractivity contribution in [3.05, 3.63) is 136 Å². The van der Waals surface area contributed by atoms with Gasteiger partial charge in [0.2, 0.25) is 0 Å². The maximum atomic E-state index is 2.69. The summed E-state index contributed by atoms with van der Waals surface area (Å²) >= 11 is -2.08. The topological polar surface area (TPSA) is 0 Å². The average Bonchev–Trinajstić information content (AvgIpc) is 3.36. The van der Waals surface area contributed by atoms with Crippen LogP contribution in [0.25, 0.3) is 16.7 Å². The van der Waals surface area contributed by atoms with Crippen molar-refractivity contribution in [2.45, 2.75) is 34.2 Å². The first-order chi connectivity index (χ1) is 16.5. The van der Waals surface area contributed by atoms with Crippen LogP contribution in [0.3, 0.4) is 0 Å². The molecule has 6 rings (SSSR count). The van der Waals surface area contributed by atoms with Crippen LogP contribution in [0.1, 0.15) is 46.2 Å². The van der Waals surface area contributed by atoms with E-state index in [1.807, 2.05) is 0 Å². The van der Waals surface area contributed by atoms with Crippen molar-refractivity contribution in [3.63, 3.8) is 0 Å². The molecule has 0 aliphatic heterocycles. The second-order valence-electron chi connectivity index (χ2n) is 10.1. The monoisotopic (exact) mass is 532 g/mol. The van der Waals surface area contributed by atoms with E-state index >= 15 is 0 Å². The van der Waals surface area contributed by atoms with Crippen molar-refractivity contribution in [1.29, 1.82) is 0 Å². The van der Waals surface area contributed by atoms with E-state index in [-0.39, 0.29) is 0 Å². The number of allylic oxidation sites excluding steroid dienone is 1. The second kappa shape index (κ2) is 8.74. The molecule has 1 unspecified atom stereocenters. The molecule has 0 nitrogen and oxygen atoms in total. The van der Waals surface area contributed by atoms with Gasteiger partial charge in [-0.15, -0.1) is 0 Å². The van der Waals surface area contributed by atoms with Crippen molar-refractivity contribution in [2.24, 2.45) is 0 Å². The third-order valence-electron chi connectivity index (χ3n) is 7.55. The third kappa shape index (κ3) is 3.58. The van der Waals surface area contributed by atoms with E-state index in [9.17, 15) is 0 Å². The number of hydrogen-bond donors (Lipinski definition) is 0. The molecule has 2 aliphatic carbocycles. The Hall–Kier alpha value is -2.28. The molecule has 0 saturated carbocycles. The molecule has 0 amide bonds. The number of benzene rings is 4. The molecule has 2 heteroatoms. The standard InChI is InChI=1S/C15H13.C15H11.C2H6Si.Zr/c1-10-3-5-14-12(7-10)9-13-8-11(2)4-6-15(13)14;1-2-6-12(7-3-1)15-11-10-13-8-4-5-9-14(13)15;1-3-2;/h3-9H,1-2H3;1-11H;1-2H3;. The van der Waals surface area contributed by atoms with Gasteiger partial charge in [-0.3, -0.25) is 0 Å². The zero-order valence-corrected chi connectivity index (χ0v) is 23.9. The molecule has 0 N–H and O–H groups in total. The van der Waals surface area contributed by atoms with Crippen LogP contribution in [0.4, 0.5) is 0 Å². The Kier molecular flexibility index (Phi) is 5.71. The number of rotatable bonds is 3. The second-order valence-corrected chi connectivity index (χ2v) is 28.1.